The number of carbonyl (C=O) groups is 1. The van der Waals surface area contributed by atoms with Crippen LogP contribution < -0.4 is 0 Å². The number of likely N-dealkylation sites (tertiary alicyclic amines) is 1. The standard InChI is InChI=1S/C24H34N4O3/c1-3-21-12-22(26-31-21)24-13-19(24)14-28(15-24)9-8-17-4-6-18(7-5-17)10-20(29)11-23-25-16(2)30-27-23/h12,17-19H,3-11,13-15H2,1-2H3/t17?,18?,19-,24-/m0/s1. The highest BCUT2D eigenvalue weighted by molar-refractivity contribution is 5.80. The molecule has 1 saturated heterocycles. The van der Waals surface area contributed by atoms with Crippen LogP contribution >= 0.6 is 0 Å². The third-order valence-electron chi connectivity index (χ3n) is 7.90. The lowest BCUT2D eigenvalue weighted by atomic mass is 9.78. The zero-order valence-electron chi connectivity index (χ0n) is 18.8. The Bertz CT molecular complexity index is 914. The van der Waals surface area contributed by atoms with Gasteiger partial charge in [0.05, 0.1) is 12.1 Å². The molecule has 2 saturated carbocycles. The predicted molar refractivity (Wildman–Crippen MR) is 115 cm³/mol. The summed E-state index contributed by atoms with van der Waals surface area (Å²) in [6, 6.07) is 2.19. The zero-order valence-corrected chi connectivity index (χ0v) is 18.8. The van der Waals surface area contributed by atoms with Crippen LogP contribution in [0.1, 0.15) is 75.0 Å². The van der Waals surface area contributed by atoms with Gasteiger partial charge in [0.25, 0.3) is 0 Å². The maximum absolute atomic E-state index is 12.3. The Morgan fingerprint density at radius 1 is 1.19 bits per heavy atom. The van der Waals surface area contributed by atoms with Gasteiger partial charge in [0.2, 0.25) is 5.89 Å². The van der Waals surface area contributed by atoms with Crippen LogP contribution in [0.2, 0.25) is 0 Å². The first kappa shape index (κ1) is 20.9. The maximum Gasteiger partial charge on any atom is 0.223 e. The second-order valence-electron chi connectivity index (χ2n) is 10.1. The van der Waals surface area contributed by atoms with E-state index < -0.39 is 0 Å². The van der Waals surface area contributed by atoms with Crippen LogP contribution in [0.5, 0.6) is 0 Å². The number of ketones is 1. The van der Waals surface area contributed by atoms with Crippen molar-refractivity contribution < 1.29 is 13.8 Å². The first-order valence-electron chi connectivity index (χ1n) is 12.0. The molecule has 3 fully saturated rings. The lowest BCUT2D eigenvalue weighted by Crippen LogP contribution is -2.29. The van der Waals surface area contributed by atoms with Crippen molar-refractivity contribution >= 4 is 5.78 Å². The quantitative estimate of drug-likeness (QED) is 0.601. The van der Waals surface area contributed by atoms with E-state index in [1.54, 1.807) is 6.92 Å². The van der Waals surface area contributed by atoms with E-state index in [1.807, 2.05) is 0 Å². The second-order valence-corrected chi connectivity index (χ2v) is 10.1. The summed E-state index contributed by atoms with van der Waals surface area (Å²) in [6.07, 6.45) is 9.30. The highest BCUT2D eigenvalue weighted by Gasteiger charge is 2.62. The summed E-state index contributed by atoms with van der Waals surface area (Å²) >= 11 is 0. The Morgan fingerprint density at radius 2 is 2.00 bits per heavy atom. The Morgan fingerprint density at radius 3 is 2.71 bits per heavy atom. The van der Waals surface area contributed by atoms with Gasteiger partial charge in [0.1, 0.15) is 11.5 Å². The Kier molecular flexibility index (Phi) is 5.71. The molecule has 0 aromatic carbocycles. The van der Waals surface area contributed by atoms with Gasteiger partial charge < -0.3 is 13.9 Å². The van der Waals surface area contributed by atoms with Gasteiger partial charge in [-0.05, 0) is 50.0 Å². The van der Waals surface area contributed by atoms with E-state index >= 15 is 0 Å². The number of aromatic nitrogens is 3. The number of Topliss-reactive ketones (excluding diaryl/α,β-unsaturated/α-hetero) is 1. The van der Waals surface area contributed by atoms with E-state index in [0.717, 1.165) is 30.6 Å². The predicted octanol–water partition coefficient (Wildman–Crippen LogP) is 3.90. The number of rotatable bonds is 9. The number of nitrogens with zero attached hydrogens (tertiary/aromatic N) is 4. The number of fused-ring (bicyclic) bond motifs is 1. The molecule has 2 atom stereocenters. The molecule has 2 aromatic heterocycles. The zero-order chi connectivity index (χ0) is 21.4. The molecule has 3 heterocycles. The van der Waals surface area contributed by atoms with Crippen molar-refractivity contribution in [3.63, 3.8) is 0 Å². The molecule has 31 heavy (non-hydrogen) atoms. The third kappa shape index (κ3) is 4.47. The summed E-state index contributed by atoms with van der Waals surface area (Å²) in [6.45, 7) is 7.43. The van der Waals surface area contributed by atoms with Gasteiger partial charge in [-0.3, -0.25) is 4.79 Å². The molecule has 168 valence electrons. The number of aryl methyl sites for hydroxylation is 2. The normalized spacial score (nSPS) is 30.5. The fourth-order valence-electron chi connectivity index (χ4n) is 5.94. The number of carbonyl (C=O) groups excluding carboxylic acids is 1. The molecule has 1 aliphatic heterocycles. The molecule has 0 unspecified atom stereocenters. The summed E-state index contributed by atoms with van der Waals surface area (Å²) in [5.41, 5.74) is 1.48. The van der Waals surface area contributed by atoms with E-state index in [0.29, 0.717) is 30.5 Å². The Hall–Kier alpha value is -2.02. The molecule has 3 aliphatic rings. The van der Waals surface area contributed by atoms with Crippen molar-refractivity contribution in [2.24, 2.45) is 17.8 Å². The van der Waals surface area contributed by atoms with Crippen LogP contribution in [-0.2, 0) is 23.1 Å². The maximum atomic E-state index is 12.3. The summed E-state index contributed by atoms with van der Waals surface area (Å²) in [7, 11) is 0. The van der Waals surface area contributed by atoms with Gasteiger partial charge in [-0.1, -0.05) is 30.1 Å². The highest BCUT2D eigenvalue weighted by atomic mass is 16.5. The van der Waals surface area contributed by atoms with Gasteiger partial charge in [0, 0.05) is 44.3 Å². The molecule has 0 spiro atoms. The lowest BCUT2D eigenvalue weighted by molar-refractivity contribution is -0.119. The van der Waals surface area contributed by atoms with Crippen molar-refractivity contribution in [1.82, 2.24) is 20.2 Å². The van der Waals surface area contributed by atoms with Crippen LogP contribution in [-0.4, -0.2) is 45.6 Å². The Labute approximate surface area is 183 Å². The third-order valence-corrected chi connectivity index (χ3v) is 7.90. The summed E-state index contributed by atoms with van der Waals surface area (Å²) in [5, 5.41) is 8.22. The minimum Gasteiger partial charge on any atom is -0.361 e. The molecule has 0 amide bonds. The monoisotopic (exact) mass is 426 g/mol. The van der Waals surface area contributed by atoms with Crippen LogP contribution in [0.15, 0.2) is 15.1 Å². The lowest BCUT2D eigenvalue weighted by Gasteiger charge is -2.30. The molecule has 5 rings (SSSR count). The minimum absolute atomic E-state index is 0.241. The van der Waals surface area contributed by atoms with E-state index in [1.165, 1.54) is 57.3 Å². The largest absolute Gasteiger partial charge is 0.361 e. The van der Waals surface area contributed by atoms with Crippen LogP contribution in [0.3, 0.4) is 0 Å². The number of hydrogen-bond donors (Lipinski definition) is 0. The molecule has 7 heteroatoms. The first-order valence-corrected chi connectivity index (χ1v) is 12.0. The van der Waals surface area contributed by atoms with Crippen LogP contribution in [0, 0.1) is 24.7 Å². The van der Waals surface area contributed by atoms with Crippen molar-refractivity contribution in [3.8, 4) is 0 Å². The van der Waals surface area contributed by atoms with E-state index in [2.05, 4.69) is 33.2 Å². The molecule has 0 radical (unpaired) electrons. The average Bonchev–Trinajstić information content (AvgIpc) is 3.17. The minimum atomic E-state index is 0.241. The Balaban J connectivity index is 1.02. The number of hydrogen-bond acceptors (Lipinski definition) is 7. The molecule has 0 N–H and O–H groups in total. The molecular formula is C24H34N4O3. The van der Waals surface area contributed by atoms with Crippen molar-refractivity contribution in [3.05, 3.63) is 29.2 Å². The molecule has 7 nitrogen and oxygen atoms in total. The highest BCUT2D eigenvalue weighted by Crippen LogP contribution is 2.58. The summed E-state index contributed by atoms with van der Waals surface area (Å²) in [4.78, 5) is 19.1. The fraction of sp³-hybridized carbons (Fsp3) is 0.750. The van der Waals surface area contributed by atoms with Gasteiger partial charge in [-0.2, -0.15) is 4.98 Å². The molecule has 0 bridgehead atoms. The fourth-order valence-corrected chi connectivity index (χ4v) is 5.94. The smallest absolute Gasteiger partial charge is 0.223 e. The average molecular weight is 427 g/mol. The van der Waals surface area contributed by atoms with Crippen LogP contribution in [0.4, 0.5) is 0 Å². The van der Waals surface area contributed by atoms with E-state index in [-0.39, 0.29) is 11.2 Å². The van der Waals surface area contributed by atoms with Crippen molar-refractivity contribution in [2.45, 2.75) is 77.0 Å². The molecule has 2 aliphatic carbocycles. The van der Waals surface area contributed by atoms with Gasteiger partial charge >= 0.3 is 0 Å². The van der Waals surface area contributed by atoms with Crippen molar-refractivity contribution in [2.75, 3.05) is 19.6 Å². The van der Waals surface area contributed by atoms with Gasteiger partial charge in [-0.25, -0.2) is 0 Å². The second kappa shape index (κ2) is 8.49. The number of piperidine rings is 1. The van der Waals surface area contributed by atoms with Crippen molar-refractivity contribution in [1.29, 1.82) is 0 Å². The molecule has 2 aromatic rings. The topological polar surface area (TPSA) is 85.3 Å². The van der Waals surface area contributed by atoms with Gasteiger partial charge in [0.15, 0.2) is 5.82 Å². The van der Waals surface area contributed by atoms with Crippen LogP contribution in [0.25, 0.3) is 0 Å². The van der Waals surface area contributed by atoms with E-state index in [9.17, 15) is 4.79 Å². The van der Waals surface area contributed by atoms with E-state index in [4.69, 9.17) is 9.05 Å². The first-order chi connectivity index (χ1) is 15.0. The summed E-state index contributed by atoms with van der Waals surface area (Å²) < 4.78 is 10.4. The summed E-state index contributed by atoms with van der Waals surface area (Å²) in [5.74, 6) is 4.40. The van der Waals surface area contributed by atoms with Gasteiger partial charge in [-0.15, -0.1) is 0 Å². The SMILES string of the molecule is CCc1cc([C@]23C[C@H]2CN(CCC2CCC(CC(=O)Cc4noc(C)n4)CC2)C3)no1. The molecular weight excluding hydrogens is 392 g/mol.